The summed E-state index contributed by atoms with van der Waals surface area (Å²) in [7, 11) is 0. The number of hydrogen-bond donors (Lipinski definition) is 0. The van der Waals surface area contributed by atoms with Gasteiger partial charge in [0.05, 0.1) is 23.9 Å². The van der Waals surface area contributed by atoms with Crippen LogP contribution in [0.2, 0.25) is 0 Å². The van der Waals surface area contributed by atoms with Crippen LogP contribution in [-0.2, 0) is 9.63 Å². The average molecular weight is 273 g/mol. The van der Waals surface area contributed by atoms with E-state index < -0.39 is 5.41 Å². The highest BCUT2D eigenvalue weighted by molar-refractivity contribution is 5.81. The van der Waals surface area contributed by atoms with E-state index in [0.717, 1.165) is 12.0 Å². The minimum atomic E-state index is -0.501. The van der Waals surface area contributed by atoms with E-state index in [9.17, 15) is 4.79 Å². The molecule has 0 spiro atoms. The molecule has 2 heterocycles. The lowest BCUT2D eigenvalue weighted by Gasteiger charge is -2.29. The molecule has 1 aliphatic rings. The summed E-state index contributed by atoms with van der Waals surface area (Å²) in [6, 6.07) is 3.76. The number of pyridine rings is 1. The number of nitriles is 1. The second-order valence-corrected chi connectivity index (χ2v) is 6.03. The van der Waals surface area contributed by atoms with Crippen molar-refractivity contribution in [2.45, 2.75) is 40.2 Å². The zero-order valence-electron chi connectivity index (χ0n) is 12.3. The van der Waals surface area contributed by atoms with E-state index in [1.54, 1.807) is 19.2 Å². The van der Waals surface area contributed by atoms with Gasteiger partial charge in [0, 0.05) is 18.0 Å². The summed E-state index contributed by atoms with van der Waals surface area (Å²) in [5.74, 6) is -0.0564. The molecule has 0 bridgehead atoms. The zero-order chi connectivity index (χ0) is 14.9. The number of aryl methyl sites for hydroxylation is 1. The van der Waals surface area contributed by atoms with Gasteiger partial charge in [-0.25, -0.2) is 5.06 Å². The van der Waals surface area contributed by atoms with Gasteiger partial charge in [-0.1, -0.05) is 20.8 Å². The Kier molecular flexibility index (Phi) is 3.78. The van der Waals surface area contributed by atoms with E-state index in [-0.39, 0.29) is 11.9 Å². The molecular weight excluding hydrogens is 254 g/mol. The van der Waals surface area contributed by atoms with Gasteiger partial charge in [0.1, 0.15) is 6.07 Å². The largest absolute Gasteiger partial charge is 0.272 e. The van der Waals surface area contributed by atoms with Crippen molar-refractivity contribution in [1.29, 1.82) is 5.26 Å². The monoisotopic (exact) mass is 273 g/mol. The topological polar surface area (TPSA) is 66.2 Å². The molecule has 5 heteroatoms. The Hall–Kier alpha value is -1.93. The standard InChI is InChI=1S/C15H19N3O2/c1-10-11(8-16)7-12(9-17-10)13-5-6-20-18(13)14(19)15(2,3)4/h7,9,13H,5-6H2,1-4H3/t13-/m0/s1. The lowest BCUT2D eigenvalue weighted by Crippen LogP contribution is -2.38. The molecular formula is C15H19N3O2. The van der Waals surface area contributed by atoms with Crippen LogP contribution in [0.3, 0.4) is 0 Å². The number of nitrogens with zero attached hydrogens (tertiary/aromatic N) is 3. The summed E-state index contributed by atoms with van der Waals surface area (Å²) < 4.78 is 0. The second kappa shape index (κ2) is 5.22. The van der Waals surface area contributed by atoms with Gasteiger partial charge in [0.25, 0.3) is 5.91 Å². The van der Waals surface area contributed by atoms with E-state index in [0.29, 0.717) is 17.9 Å². The second-order valence-electron chi connectivity index (χ2n) is 6.03. The quantitative estimate of drug-likeness (QED) is 0.788. The average Bonchev–Trinajstić information content (AvgIpc) is 2.86. The van der Waals surface area contributed by atoms with E-state index in [4.69, 9.17) is 10.1 Å². The minimum absolute atomic E-state index is 0.0564. The van der Waals surface area contributed by atoms with Crippen LogP contribution in [0.25, 0.3) is 0 Å². The molecule has 0 radical (unpaired) electrons. The Bertz CT molecular complexity index is 569. The summed E-state index contributed by atoms with van der Waals surface area (Å²) in [5, 5.41) is 10.5. The molecule has 0 aromatic carbocycles. The van der Waals surface area contributed by atoms with Crippen LogP contribution in [0.15, 0.2) is 12.3 Å². The van der Waals surface area contributed by atoms with Gasteiger partial charge < -0.3 is 0 Å². The zero-order valence-corrected chi connectivity index (χ0v) is 12.3. The fraction of sp³-hybridized carbons (Fsp3) is 0.533. The van der Waals surface area contributed by atoms with Crippen molar-refractivity contribution in [2.24, 2.45) is 5.41 Å². The van der Waals surface area contributed by atoms with Crippen LogP contribution in [0.4, 0.5) is 0 Å². The molecule has 0 aliphatic carbocycles. The summed E-state index contributed by atoms with van der Waals surface area (Å²) in [5.41, 5.74) is 1.59. The predicted molar refractivity (Wildman–Crippen MR) is 73.3 cm³/mol. The van der Waals surface area contributed by atoms with Gasteiger partial charge in [0.15, 0.2) is 0 Å². The molecule has 1 atom stereocenters. The van der Waals surface area contributed by atoms with Crippen molar-refractivity contribution in [3.05, 3.63) is 29.1 Å². The molecule has 1 aliphatic heterocycles. The van der Waals surface area contributed by atoms with Gasteiger partial charge in [-0.3, -0.25) is 14.6 Å². The van der Waals surface area contributed by atoms with Crippen molar-refractivity contribution in [1.82, 2.24) is 10.0 Å². The maximum Gasteiger partial charge on any atom is 0.252 e. The molecule has 1 fully saturated rings. The van der Waals surface area contributed by atoms with Gasteiger partial charge >= 0.3 is 0 Å². The molecule has 0 unspecified atom stereocenters. The predicted octanol–water partition coefficient (Wildman–Crippen LogP) is 2.51. The molecule has 106 valence electrons. The molecule has 2 rings (SSSR count). The molecule has 0 saturated carbocycles. The number of hydrogen-bond acceptors (Lipinski definition) is 4. The SMILES string of the molecule is Cc1ncc([C@@H]2CCON2C(=O)C(C)(C)C)cc1C#N. The Morgan fingerprint density at radius 2 is 2.25 bits per heavy atom. The highest BCUT2D eigenvalue weighted by Crippen LogP contribution is 2.34. The minimum Gasteiger partial charge on any atom is -0.272 e. The van der Waals surface area contributed by atoms with Crippen LogP contribution in [0, 0.1) is 23.7 Å². The highest BCUT2D eigenvalue weighted by Gasteiger charge is 2.37. The number of carbonyl (C=O) groups excluding carboxylic acids is 1. The molecule has 1 saturated heterocycles. The molecule has 1 amide bonds. The Morgan fingerprint density at radius 3 is 2.85 bits per heavy atom. The first-order valence-electron chi connectivity index (χ1n) is 6.68. The van der Waals surface area contributed by atoms with Gasteiger partial charge in [0.2, 0.25) is 0 Å². The number of carbonyl (C=O) groups is 1. The fourth-order valence-electron chi connectivity index (χ4n) is 2.15. The van der Waals surface area contributed by atoms with E-state index >= 15 is 0 Å². The molecule has 5 nitrogen and oxygen atoms in total. The smallest absolute Gasteiger partial charge is 0.252 e. The number of rotatable bonds is 1. The first-order chi connectivity index (χ1) is 9.34. The third-order valence-corrected chi connectivity index (χ3v) is 3.36. The normalized spacial score (nSPS) is 18.9. The van der Waals surface area contributed by atoms with Gasteiger partial charge in [-0.05, 0) is 18.6 Å². The number of amides is 1. The first kappa shape index (κ1) is 14.5. The van der Waals surface area contributed by atoms with Crippen LogP contribution < -0.4 is 0 Å². The molecule has 0 N–H and O–H groups in total. The summed E-state index contributed by atoms with van der Waals surface area (Å²) in [4.78, 5) is 22.1. The van der Waals surface area contributed by atoms with E-state index in [2.05, 4.69) is 11.1 Å². The summed E-state index contributed by atoms with van der Waals surface area (Å²) in [6.45, 7) is 7.89. The maximum absolute atomic E-state index is 12.4. The van der Waals surface area contributed by atoms with Crippen molar-refractivity contribution in [3.8, 4) is 6.07 Å². The summed E-state index contributed by atoms with van der Waals surface area (Å²) >= 11 is 0. The summed E-state index contributed by atoms with van der Waals surface area (Å²) in [6.07, 6.45) is 2.44. The number of aromatic nitrogens is 1. The molecule has 1 aromatic rings. The third kappa shape index (κ3) is 2.66. The van der Waals surface area contributed by atoms with Crippen molar-refractivity contribution < 1.29 is 9.63 Å². The van der Waals surface area contributed by atoms with Crippen LogP contribution in [0.5, 0.6) is 0 Å². The van der Waals surface area contributed by atoms with Crippen molar-refractivity contribution in [3.63, 3.8) is 0 Å². The Morgan fingerprint density at radius 1 is 1.55 bits per heavy atom. The molecule has 1 aromatic heterocycles. The molecule has 20 heavy (non-hydrogen) atoms. The van der Waals surface area contributed by atoms with Gasteiger partial charge in [-0.15, -0.1) is 0 Å². The highest BCUT2D eigenvalue weighted by atomic mass is 16.7. The lowest BCUT2D eigenvalue weighted by molar-refractivity contribution is -0.186. The van der Waals surface area contributed by atoms with Crippen LogP contribution in [-0.4, -0.2) is 22.6 Å². The van der Waals surface area contributed by atoms with Crippen LogP contribution >= 0.6 is 0 Å². The van der Waals surface area contributed by atoms with Crippen LogP contribution in [0.1, 0.15) is 50.1 Å². The van der Waals surface area contributed by atoms with E-state index in [1.807, 2.05) is 20.8 Å². The Balaban J connectivity index is 2.32. The van der Waals surface area contributed by atoms with Gasteiger partial charge in [-0.2, -0.15) is 5.26 Å². The van der Waals surface area contributed by atoms with Crippen molar-refractivity contribution in [2.75, 3.05) is 6.61 Å². The van der Waals surface area contributed by atoms with E-state index in [1.165, 1.54) is 5.06 Å². The lowest BCUT2D eigenvalue weighted by atomic mass is 9.94. The Labute approximate surface area is 119 Å². The first-order valence-corrected chi connectivity index (χ1v) is 6.68. The van der Waals surface area contributed by atoms with Crippen molar-refractivity contribution >= 4 is 5.91 Å². The third-order valence-electron chi connectivity index (χ3n) is 3.36. The maximum atomic E-state index is 12.4. The fourth-order valence-corrected chi connectivity index (χ4v) is 2.15. The number of hydroxylamine groups is 2.